The van der Waals surface area contributed by atoms with E-state index in [2.05, 4.69) is 37.5 Å². The van der Waals surface area contributed by atoms with E-state index in [-0.39, 0.29) is 11.6 Å². The minimum absolute atomic E-state index is 0.0263. The van der Waals surface area contributed by atoms with Gasteiger partial charge in [0.1, 0.15) is 0 Å². The van der Waals surface area contributed by atoms with Crippen LogP contribution in [0.3, 0.4) is 0 Å². The molecular formula is C19H21N5O. The lowest BCUT2D eigenvalue weighted by Crippen LogP contribution is -2.28. The van der Waals surface area contributed by atoms with Gasteiger partial charge in [0.05, 0.1) is 0 Å². The second-order valence-corrected chi connectivity index (χ2v) is 6.27. The van der Waals surface area contributed by atoms with Crippen LogP contribution in [0.2, 0.25) is 0 Å². The molecule has 3 rings (SSSR count). The van der Waals surface area contributed by atoms with Crippen LogP contribution in [0.25, 0.3) is 11.0 Å². The number of hydrogen-bond acceptors (Lipinski definition) is 5. The highest BCUT2D eigenvalue weighted by Crippen LogP contribution is 2.36. The number of fused-ring (bicyclic) bond motifs is 1. The average Bonchev–Trinajstić information content (AvgIpc) is 3.38. The van der Waals surface area contributed by atoms with Crippen molar-refractivity contribution in [1.29, 1.82) is 0 Å². The molecule has 2 aromatic heterocycles. The van der Waals surface area contributed by atoms with E-state index in [1.807, 2.05) is 19.1 Å². The topological polar surface area (TPSA) is 79.6 Å². The summed E-state index contributed by atoms with van der Waals surface area (Å²) in [6.07, 6.45) is 10.2. The fourth-order valence-electron chi connectivity index (χ4n) is 2.80. The summed E-state index contributed by atoms with van der Waals surface area (Å²) in [5, 5.41) is 12.1. The molecule has 0 bridgehead atoms. The van der Waals surface area contributed by atoms with Crippen LogP contribution in [0.5, 0.6) is 0 Å². The van der Waals surface area contributed by atoms with E-state index in [1.165, 1.54) is 0 Å². The van der Waals surface area contributed by atoms with Crippen LogP contribution in [-0.2, 0) is 11.2 Å². The maximum atomic E-state index is 12.1. The predicted octanol–water partition coefficient (Wildman–Crippen LogP) is 2.95. The minimum Gasteiger partial charge on any atom is -0.356 e. The van der Waals surface area contributed by atoms with Gasteiger partial charge >= 0.3 is 0 Å². The zero-order valence-corrected chi connectivity index (χ0v) is 14.3. The molecule has 0 aliphatic carbocycles. The van der Waals surface area contributed by atoms with Gasteiger partial charge in [-0.25, -0.2) is 9.97 Å². The molecule has 1 N–H and O–H groups in total. The third-order valence-electron chi connectivity index (χ3n) is 4.41. The molecule has 1 amide bonds. The molecule has 25 heavy (non-hydrogen) atoms. The van der Waals surface area contributed by atoms with Gasteiger partial charge in [0, 0.05) is 49.5 Å². The molecule has 1 aliphatic rings. The molecule has 128 valence electrons. The van der Waals surface area contributed by atoms with E-state index in [9.17, 15) is 4.79 Å². The largest absolute Gasteiger partial charge is 0.356 e. The van der Waals surface area contributed by atoms with Crippen molar-refractivity contribution in [3.63, 3.8) is 0 Å². The number of nitrogens with zero attached hydrogens (tertiary/aromatic N) is 4. The van der Waals surface area contributed by atoms with Crippen molar-refractivity contribution in [3.05, 3.63) is 35.7 Å². The van der Waals surface area contributed by atoms with Gasteiger partial charge in [0.2, 0.25) is 5.91 Å². The van der Waals surface area contributed by atoms with Gasteiger partial charge < -0.3 is 5.32 Å². The van der Waals surface area contributed by atoms with Gasteiger partial charge in [-0.2, -0.15) is 10.2 Å². The van der Waals surface area contributed by atoms with Gasteiger partial charge in [-0.05, 0) is 37.1 Å². The highest BCUT2D eigenvalue weighted by molar-refractivity contribution is 5.77. The third-order valence-corrected chi connectivity index (χ3v) is 4.41. The molecule has 3 heterocycles. The van der Waals surface area contributed by atoms with E-state index < -0.39 is 0 Å². The monoisotopic (exact) mass is 335 g/mol. The number of amides is 1. The normalized spacial score (nSPS) is 14.2. The zero-order valence-electron chi connectivity index (χ0n) is 14.3. The van der Waals surface area contributed by atoms with Crippen LogP contribution in [0.1, 0.15) is 36.9 Å². The van der Waals surface area contributed by atoms with Gasteiger partial charge in [0.15, 0.2) is 11.3 Å². The smallest absolute Gasteiger partial charge is 0.220 e. The summed E-state index contributed by atoms with van der Waals surface area (Å²) in [6.45, 7) is 2.52. The average molecular weight is 335 g/mol. The van der Waals surface area contributed by atoms with Crippen molar-refractivity contribution < 1.29 is 4.79 Å². The van der Waals surface area contributed by atoms with E-state index >= 15 is 0 Å². The Morgan fingerprint density at radius 1 is 1.36 bits per heavy atom. The lowest BCUT2D eigenvalue weighted by Gasteiger charge is -2.10. The van der Waals surface area contributed by atoms with Crippen LogP contribution in [-0.4, -0.2) is 28.1 Å². The van der Waals surface area contributed by atoms with E-state index in [0.717, 1.165) is 28.7 Å². The summed E-state index contributed by atoms with van der Waals surface area (Å²) < 4.78 is 0. The number of terminal acetylenes is 1. The Hall–Kier alpha value is -2.81. The number of rotatable bonds is 8. The Balaban J connectivity index is 1.46. The van der Waals surface area contributed by atoms with Crippen LogP contribution in [0.4, 0.5) is 0 Å². The highest BCUT2D eigenvalue weighted by Gasteiger charge is 2.38. The number of carbonyl (C=O) groups excluding carboxylic acids is 1. The van der Waals surface area contributed by atoms with E-state index in [1.54, 1.807) is 6.20 Å². The maximum Gasteiger partial charge on any atom is 0.220 e. The Labute approximate surface area is 147 Å². The van der Waals surface area contributed by atoms with Crippen molar-refractivity contribution in [1.82, 2.24) is 15.3 Å². The fraction of sp³-hybridized carbons (Fsp3) is 0.421. The molecule has 0 aromatic carbocycles. The van der Waals surface area contributed by atoms with Crippen molar-refractivity contribution >= 4 is 16.9 Å². The number of aryl methyl sites for hydroxylation is 2. The molecule has 0 unspecified atom stereocenters. The van der Waals surface area contributed by atoms with E-state index in [0.29, 0.717) is 32.2 Å². The molecule has 6 heteroatoms. The van der Waals surface area contributed by atoms with Crippen molar-refractivity contribution in [2.75, 3.05) is 6.54 Å². The molecule has 0 saturated carbocycles. The standard InChI is InChI=1S/C19H21N5O/c1-3-4-9-19(23-24-19)10-12-20-17(25)8-7-15-13-16-6-5-11-21-18(16)22-14(15)2/h1,5-6,11,13H,4,7-10,12H2,2H3,(H,20,25). The molecule has 1 aliphatic heterocycles. The quantitative estimate of drug-likeness (QED) is 0.753. The van der Waals surface area contributed by atoms with Crippen molar-refractivity contribution in [3.8, 4) is 12.3 Å². The molecule has 2 aromatic rings. The highest BCUT2D eigenvalue weighted by atomic mass is 16.1. The minimum atomic E-state index is -0.342. The van der Waals surface area contributed by atoms with E-state index in [4.69, 9.17) is 6.42 Å². The number of aromatic nitrogens is 2. The number of pyridine rings is 2. The first-order chi connectivity index (χ1) is 12.1. The molecule has 0 atom stereocenters. The first-order valence-corrected chi connectivity index (χ1v) is 8.47. The number of nitrogens with one attached hydrogen (secondary N) is 1. The summed E-state index contributed by atoms with van der Waals surface area (Å²) in [4.78, 5) is 20.8. The van der Waals surface area contributed by atoms with Crippen LogP contribution in [0, 0.1) is 19.3 Å². The summed E-state index contributed by atoms with van der Waals surface area (Å²) in [6, 6.07) is 5.94. The lowest BCUT2D eigenvalue weighted by atomic mass is 10.0. The zero-order chi connectivity index (χ0) is 17.7. The number of hydrogen-bond donors (Lipinski definition) is 1. The summed E-state index contributed by atoms with van der Waals surface area (Å²) in [5.74, 6) is 2.63. The Morgan fingerprint density at radius 2 is 2.20 bits per heavy atom. The Bertz CT molecular complexity index is 847. The van der Waals surface area contributed by atoms with Gasteiger partial charge in [-0.1, -0.05) is 0 Å². The van der Waals surface area contributed by atoms with Gasteiger partial charge in [0.25, 0.3) is 0 Å². The van der Waals surface area contributed by atoms with Gasteiger partial charge in [-0.3, -0.25) is 4.79 Å². The SMILES string of the molecule is C#CCCC1(CCNC(=O)CCc2cc3cccnc3nc2C)N=N1. The first-order valence-electron chi connectivity index (χ1n) is 8.47. The Morgan fingerprint density at radius 3 is 2.96 bits per heavy atom. The second-order valence-electron chi connectivity index (χ2n) is 6.27. The lowest BCUT2D eigenvalue weighted by molar-refractivity contribution is -0.121. The summed E-state index contributed by atoms with van der Waals surface area (Å²) in [5.41, 5.74) is 2.39. The van der Waals surface area contributed by atoms with Crippen molar-refractivity contribution in [2.24, 2.45) is 10.2 Å². The molecule has 0 radical (unpaired) electrons. The molecule has 0 fully saturated rings. The second kappa shape index (κ2) is 7.39. The maximum absolute atomic E-state index is 12.1. The predicted molar refractivity (Wildman–Crippen MR) is 95.9 cm³/mol. The first kappa shape index (κ1) is 17.0. The third kappa shape index (κ3) is 4.38. The molecular weight excluding hydrogens is 314 g/mol. The number of carbonyl (C=O) groups is 1. The van der Waals surface area contributed by atoms with Crippen LogP contribution in [0.15, 0.2) is 34.6 Å². The van der Waals surface area contributed by atoms with Gasteiger partial charge in [-0.15, -0.1) is 12.3 Å². The summed E-state index contributed by atoms with van der Waals surface area (Å²) in [7, 11) is 0. The van der Waals surface area contributed by atoms with Crippen LogP contribution >= 0.6 is 0 Å². The van der Waals surface area contributed by atoms with Crippen molar-refractivity contribution in [2.45, 2.75) is 44.7 Å². The fourth-order valence-corrected chi connectivity index (χ4v) is 2.80. The van der Waals surface area contributed by atoms with Crippen LogP contribution < -0.4 is 5.32 Å². The summed E-state index contributed by atoms with van der Waals surface area (Å²) >= 11 is 0. The molecule has 0 spiro atoms. The Kier molecular flexibility index (Phi) is 5.03. The molecule has 6 nitrogen and oxygen atoms in total. The molecule has 0 saturated heterocycles.